The molecule has 0 bridgehead atoms. The Morgan fingerprint density at radius 1 is 1.62 bits per heavy atom. The fourth-order valence-electron chi connectivity index (χ4n) is 1.44. The van der Waals surface area contributed by atoms with E-state index < -0.39 is 5.60 Å². The second-order valence-corrected chi connectivity index (χ2v) is 4.78. The van der Waals surface area contributed by atoms with Crippen LogP contribution in [0.15, 0.2) is 0 Å². The normalized spacial score (nSPS) is 21.4. The summed E-state index contributed by atoms with van der Waals surface area (Å²) in [6, 6.07) is 2.04. The van der Waals surface area contributed by atoms with Gasteiger partial charge < -0.3 is 14.4 Å². The summed E-state index contributed by atoms with van der Waals surface area (Å²) < 4.78 is 10.6. The zero-order valence-corrected chi connectivity index (χ0v) is 10.0. The van der Waals surface area contributed by atoms with E-state index in [1.807, 2.05) is 26.8 Å². The molecule has 0 spiro atoms. The number of nitriles is 1. The number of rotatable bonds is 1. The van der Waals surface area contributed by atoms with Crippen LogP contribution in [0.25, 0.3) is 0 Å². The molecular weight excluding hydrogens is 208 g/mol. The van der Waals surface area contributed by atoms with Crippen molar-refractivity contribution in [2.24, 2.45) is 0 Å². The lowest BCUT2D eigenvalue weighted by Crippen LogP contribution is -2.47. The van der Waals surface area contributed by atoms with Crippen LogP contribution in [-0.2, 0) is 9.47 Å². The van der Waals surface area contributed by atoms with Gasteiger partial charge in [0.15, 0.2) is 0 Å². The largest absolute Gasteiger partial charge is 0.444 e. The number of nitrogens with zero attached hydrogens (tertiary/aromatic N) is 2. The minimum atomic E-state index is -0.486. The quantitative estimate of drug-likeness (QED) is 0.680. The lowest BCUT2D eigenvalue weighted by molar-refractivity contribution is -0.0400. The summed E-state index contributed by atoms with van der Waals surface area (Å²) in [5, 5.41) is 8.57. The van der Waals surface area contributed by atoms with Gasteiger partial charge in [-0.2, -0.15) is 5.26 Å². The Hall–Kier alpha value is -1.28. The standard InChI is InChI=1S/C11H18N2O3/c1-11(2,3)16-10(14)13-6-7-15-9(8-13)4-5-12/h9H,4,6-8H2,1-3H3. The van der Waals surface area contributed by atoms with Crippen molar-refractivity contribution >= 4 is 6.09 Å². The highest BCUT2D eigenvalue weighted by atomic mass is 16.6. The van der Waals surface area contributed by atoms with E-state index in [1.165, 1.54) is 0 Å². The second kappa shape index (κ2) is 5.17. The first-order chi connectivity index (χ1) is 7.42. The predicted octanol–water partition coefficient (Wildman–Crippen LogP) is 1.54. The van der Waals surface area contributed by atoms with Gasteiger partial charge >= 0.3 is 6.09 Å². The molecule has 0 N–H and O–H groups in total. The molecular formula is C11H18N2O3. The summed E-state index contributed by atoms with van der Waals surface area (Å²) in [4.78, 5) is 13.3. The Kier molecular flexibility index (Phi) is 4.13. The topological polar surface area (TPSA) is 62.6 Å². The summed E-state index contributed by atoms with van der Waals surface area (Å²) in [6.45, 7) is 6.92. The molecule has 0 saturated carbocycles. The van der Waals surface area contributed by atoms with Crippen molar-refractivity contribution in [2.45, 2.75) is 38.9 Å². The van der Waals surface area contributed by atoms with E-state index in [4.69, 9.17) is 14.7 Å². The molecule has 1 heterocycles. The van der Waals surface area contributed by atoms with E-state index in [0.29, 0.717) is 26.1 Å². The van der Waals surface area contributed by atoms with Crippen LogP contribution >= 0.6 is 0 Å². The Labute approximate surface area is 95.9 Å². The number of hydrogen-bond donors (Lipinski definition) is 0. The zero-order valence-electron chi connectivity index (χ0n) is 10.0. The molecule has 0 aromatic carbocycles. The summed E-state index contributed by atoms with van der Waals surface area (Å²) in [6.07, 6.45) is -0.218. The Morgan fingerprint density at radius 2 is 2.31 bits per heavy atom. The minimum Gasteiger partial charge on any atom is -0.444 e. The molecule has 0 aromatic heterocycles. The number of carbonyl (C=O) groups excluding carboxylic acids is 1. The van der Waals surface area contributed by atoms with E-state index in [1.54, 1.807) is 4.90 Å². The summed E-state index contributed by atoms with van der Waals surface area (Å²) in [5.74, 6) is 0. The van der Waals surface area contributed by atoms with E-state index in [-0.39, 0.29) is 12.2 Å². The average Bonchev–Trinajstić information content (AvgIpc) is 2.16. The molecule has 0 radical (unpaired) electrons. The van der Waals surface area contributed by atoms with Crippen LogP contribution in [0.2, 0.25) is 0 Å². The molecule has 1 fully saturated rings. The van der Waals surface area contributed by atoms with Crippen LogP contribution in [-0.4, -0.2) is 42.4 Å². The van der Waals surface area contributed by atoms with Gasteiger partial charge in [0.05, 0.1) is 31.7 Å². The van der Waals surface area contributed by atoms with Crippen molar-refractivity contribution in [1.82, 2.24) is 4.90 Å². The van der Waals surface area contributed by atoms with E-state index in [0.717, 1.165) is 0 Å². The van der Waals surface area contributed by atoms with Crippen LogP contribution in [0.4, 0.5) is 4.79 Å². The summed E-state index contributed by atoms with van der Waals surface area (Å²) in [5.41, 5.74) is -0.486. The number of amides is 1. The van der Waals surface area contributed by atoms with Crippen molar-refractivity contribution in [3.05, 3.63) is 0 Å². The van der Waals surface area contributed by atoms with Gasteiger partial charge in [-0.25, -0.2) is 4.79 Å². The Morgan fingerprint density at radius 3 is 2.88 bits per heavy atom. The Bertz CT molecular complexity index is 291. The molecule has 1 aliphatic heterocycles. The van der Waals surface area contributed by atoms with Crippen LogP contribution in [0.3, 0.4) is 0 Å². The third kappa shape index (κ3) is 4.07. The number of hydrogen-bond acceptors (Lipinski definition) is 4. The third-order valence-corrected chi connectivity index (χ3v) is 2.11. The molecule has 1 unspecified atom stereocenters. The monoisotopic (exact) mass is 226 g/mol. The number of ether oxygens (including phenoxy) is 2. The summed E-state index contributed by atoms with van der Waals surface area (Å²) >= 11 is 0. The van der Waals surface area contributed by atoms with Gasteiger partial charge in [0.1, 0.15) is 5.60 Å². The first kappa shape index (κ1) is 12.8. The molecule has 1 atom stereocenters. The van der Waals surface area contributed by atoms with Crippen molar-refractivity contribution in [3.8, 4) is 6.07 Å². The maximum absolute atomic E-state index is 11.7. The SMILES string of the molecule is CC(C)(C)OC(=O)N1CCOC(CC#N)C1. The molecule has 1 saturated heterocycles. The lowest BCUT2D eigenvalue weighted by Gasteiger charge is -2.33. The highest BCUT2D eigenvalue weighted by Gasteiger charge is 2.27. The van der Waals surface area contributed by atoms with Crippen molar-refractivity contribution in [1.29, 1.82) is 5.26 Å². The van der Waals surface area contributed by atoms with Crippen LogP contribution in [0, 0.1) is 11.3 Å². The van der Waals surface area contributed by atoms with Crippen LogP contribution < -0.4 is 0 Å². The highest BCUT2D eigenvalue weighted by molar-refractivity contribution is 5.68. The van der Waals surface area contributed by atoms with Crippen LogP contribution in [0.5, 0.6) is 0 Å². The van der Waals surface area contributed by atoms with Gasteiger partial charge in [0.2, 0.25) is 0 Å². The molecule has 5 heteroatoms. The second-order valence-electron chi connectivity index (χ2n) is 4.78. The van der Waals surface area contributed by atoms with Gasteiger partial charge in [-0.1, -0.05) is 0 Å². The zero-order chi connectivity index (χ0) is 12.2. The van der Waals surface area contributed by atoms with Gasteiger partial charge in [-0.3, -0.25) is 0 Å². The third-order valence-electron chi connectivity index (χ3n) is 2.11. The van der Waals surface area contributed by atoms with Gasteiger partial charge in [-0.05, 0) is 20.8 Å². The van der Waals surface area contributed by atoms with Crippen LogP contribution in [0.1, 0.15) is 27.2 Å². The fraction of sp³-hybridized carbons (Fsp3) is 0.818. The molecule has 0 aliphatic carbocycles. The molecule has 90 valence electrons. The first-order valence-corrected chi connectivity index (χ1v) is 5.39. The molecule has 0 aromatic rings. The van der Waals surface area contributed by atoms with E-state index in [9.17, 15) is 4.79 Å². The number of morpholine rings is 1. The van der Waals surface area contributed by atoms with Crippen molar-refractivity contribution in [3.63, 3.8) is 0 Å². The maximum atomic E-state index is 11.7. The molecule has 1 amide bonds. The Balaban J connectivity index is 2.48. The van der Waals surface area contributed by atoms with Gasteiger partial charge in [0, 0.05) is 6.54 Å². The molecule has 1 rings (SSSR count). The van der Waals surface area contributed by atoms with E-state index >= 15 is 0 Å². The fourth-order valence-corrected chi connectivity index (χ4v) is 1.44. The van der Waals surface area contributed by atoms with E-state index in [2.05, 4.69) is 0 Å². The first-order valence-electron chi connectivity index (χ1n) is 5.39. The molecule has 16 heavy (non-hydrogen) atoms. The van der Waals surface area contributed by atoms with Crippen molar-refractivity contribution < 1.29 is 14.3 Å². The minimum absolute atomic E-state index is 0.189. The van der Waals surface area contributed by atoms with Gasteiger partial charge in [0.25, 0.3) is 0 Å². The lowest BCUT2D eigenvalue weighted by atomic mass is 10.2. The van der Waals surface area contributed by atoms with Gasteiger partial charge in [-0.15, -0.1) is 0 Å². The van der Waals surface area contributed by atoms with Crippen molar-refractivity contribution in [2.75, 3.05) is 19.7 Å². The molecule has 5 nitrogen and oxygen atoms in total. The highest BCUT2D eigenvalue weighted by Crippen LogP contribution is 2.14. The number of carbonyl (C=O) groups is 1. The maximum Gasteiger partial charge on any atom is 0.410 e. The molecule has 1 aliphatic rings. The smallest absolute Gasteiger partial charge is 0.410 e. The predicted molar refractivity (Wildman–Crippen MR) is 57.8 cm³/mol. The average molecular weight is 226 g/mol. The summed E-state index contributed by atoms with van der Waals surface area (Å²) in [7, 11) is 0.